The fraction of sp³-hybridized carbons (Fsp3) is 0.800. The second kappa shape index (κ2) is 9.49. The van der Waals surface area contributed by atoms with Crippen LogP contribution in [0.25, 0.3) is 0 Å². The number of nitrogens with zero attached hydrogens (tertiary/aromatic N) is 2. The van der Waals surface area contributed by atoms with E-state index in [-0.39, 0.29) is 29.5 Å². The van der Waals surface area contributed by atoms with Crippen molar-refractivity contribution in [1.29, 1.82) is 0 Å². The van der Waals surface area contributed by atoms with Crippen LogP contribution in [0.15, 0.2) is 4.99 Å². The summed E-state index contributed by atoms with van der Waals surface area (Å²) in [7, 11) is 1.78. The van der Waals surface area contributed by atoms with E-state index in [1.807, 2.05) is 0 Å². The van der Waals surface area contributed by atoms with Gasteiger partial charge in [-0.1, -0.05) is 5.92 Å². The van der Waals surface area contributed by atoms with Crippen LogP contribution in [0.5, 0.6) is 0 Å². The molecular weight excluding hydrogens is 379 g/mol. The molecule has 6 heteroatoms. The first-order chi connectivity index (χ1) is 9.80. The number of ether oxygens (including phenoxy) is 1. The summed E-state index contributed by atoms with van der Waals surface area (Å²) in [6, 6.07) is 0. The lowest BCUT2D eigenvalue weighted by atomic mass is 9.88. The maximum Gasteiger partial charge on any atom is 0.191 e. The largest absolute Gasteiger partial charge is 0.381 e. The van der Waals surface area contributed by atoms with Crippen LogP contribution >= 0.6 is 24.0 Å². The number of guanidine groups is 1. The molecule has 0 spiro atoms. The molecule has 120 valence electrons. The van der Waals surface area contributed by atoms with Crippen molar-refractivity contribution < 1.29 is 4.74 Å². The van der Waals surface area contributed by atoms with Crippen LogP contribution in [-0.2, 0) is 4.74 Å². The predicted molar refractivity (Wildman–Crippen MR) is 97.2 cm³/mol. The van der Waals surface area contributed by atoms with E-state index in [4.69, 9.17) is 11.2 Å². The van der Waals surface area contributed by atoms with Crippen molar-refractivity contribution in [3.05, 3.63) is 0 Å². The Morgan fingerprint density at radius 2 is 1.95 bits per heavy atom. The summed E-state index contributed by atoms with van der Waals surface area (Å²) < 4.78 is 5.56. The van der Waals surface area contributed by atoms with Crippen molar-refractivity contribution in [2.75, 3.05) is 46.4 Å². The van der Waals surface area contributed by atoms with Gasteiger partial charge in [0.05, 0.1) is 6.54 Å². The van der Waals surface area contributed by atoms with Gasteiger partial charge in [0.1, 0.15) is 0 Å². The molecule has 2 rings (SSSR count). The van der Waals surface area contributed by atoms with E-state index in [2.05, 4.69) is 26.4 Å². The summed E-state index contributed by atoms with van der Waals surface area (Å²) in [6.45, 7) is 5.53. The lowest BCUT2D eigenvalue weighted by molar-refractivity contribution is -0.0164. The van der Waals surface area contributed by atoms with Gasteiger partial charge in [-0.05, 0) is 38.8 Å². The smallest absolute Gasteiger partial charge is 0.191 e. The lowest BCUT2D eigenvalue weighted by Gasteiger charge is -2.45. The molecule has 2 aliphatic rings. The molecule has 21 heavy (non-hydrogen) atoms. The van der Waals surface area contributed by atoms with E-state index in [1.54, 1.807) is 7.05 Å². The second-order valence-corrected chi connectivity index (χ2v) is 5.51. The van der Waals surface area contributed by atoms with Gasteiger partial charge in [0, 0.05) is 32.3 Å². The van der Waals surface area contributed by atoms with Gasteiger partial charge < -0.3 is 15.4 Å². The Balaban J connectivity index is 0.00000220. The van der Waals surface area contributed by atoms with Crippen LogP contribution in [-0.4, -0.2) is 62.8 Å². The number of halogens is 1. The van der Waals surface area contributed by atoms with Gasteiger partial charge in [-0.15, -0.1) is 30.4 Å². The van der Waals surface area contributed by atoms with Crippen molar-refractivity contribution in [3.8, 4) is 12.3 Å². The predicted octanol–water partition coefficient (Wildman–Crippen LogP) is 1.05. The van der Waals surface area contributed by atoms with E-state index in [0.717, 1.165) is 38.6 Å². The van der Waals surface area contributed by atoms with Gasteiger partial charge in [-0.2, -0.15) is 0 Å². The van der Waals surface area contributed by atoms with E-state index in [1.165, 1.54) is 25.9 Å². The van der Waals surface area contributed by atoms with E-state index < -0.39 is 0 Å². The summed E-state index contributed by atoms with van der Waals surface area (Å²) in [5.74, 6) is 3.36. The molecule has 0 saturated carbocycles. The molecular formula is C15H27IN4O. The van der Waals surface area contributed by atoms with E-state index >= 15 is 0 Å². The maximum absolute atomic E-state index is 5.56. The highest BCUT2D eigenvalue weighted by Crippen LogP contribution is 2.30. The average Bonchev–Trinajstić information content (AvgIpc) is 3.03. The van der Waals surface area contributed by atoms with Crippen molar-refractivity contribution in [2.24, 2.45) is 4.99 Å². The molecule has 0 radical (unpaired) electrons. The summed E-state index contributed by atoms with van der Waals surface area (Å²) in [5, 5.41) is 6.56. The molecule has 0 bridgehead atoms. The first-order valence-electron chi connectivity index (χ1n) is 7.51. The molecule has 0 amide bonds. The van der Waals surface area contributed by atoms with Gasteiger partial charge in [-0.3, -0.25) is 9.89 Å². The Kier molecular flexibility index (Phi) is 8.37. The molecule has 2 fully saturated rings. The lowest BCUT2D eigenvalue weighted by Crippen LogP contribution is -2.58. The van der Waals surface area contributed by atoms with Crippen LogP contribution in [0.2, 0.25) is 0 Å². The number of likely N-dealkylation sites (tertiary alicyclic amines) is 1. The van der Waals surface area contributed by atoms with Crippen LogP contribution in [0.3, 0.4) is 0 Å². The third-order valence-corrected chi connectivity index (χ3v) is 4.37. The number of aliphatic imine (C=N–C) groups is 1. The summed E-state index contributed by atoms with van der Waals surface area (Å²) >= 11 is 0. The Labute approximate surface area is 145 Å². The molecule has 2 aliphatic heterocycles. The second-order valence-electron chi connectivity index (χ2n) is 5.51. The third kappa shape index (κ3) is 5.01. The Bertz CT molecular complexity index is 368. The van der Waals surface area contributed by atoms with Gasteiger partial charge in [0.25, 0.3) is 0 Å². The molecule has 2 heterocycles. The molecule has 2 N–H and O–H groups in total. The fourth-order valence-corrected chi connectivity index (χ4v) is 3.15. The fourth-order valence-electron chi connectivity index (χ4n) is 3.15. The minimum absolute atomic E-state index is 0. The quantitative estimate of drug-likeness (QED) is 0.317. The van der Waals surface area contributed by atoms with Crippen LogP contribution in [0, 0.1) is 12.3 Å². The van der Waals surface area contributed by atoms with Crippen LogP contribution < -0.4 is 10.6 Å². The average molecular weight is 406 g/mol. The van der Waals surface area contributed by atoms with Crippen LogP contribution in [0.1, 0.15) is 25.7 Å². The SMILES string of the molecule is C#CCNC(=NC)NCC1(N2CCCC2)CCOCC1.I. The normalized spacial score (nSPS) is 22.2. The van der Waals surface area contributed by atoms with Crippen molar-refractivity contribution >= 4 is 29.9 Å². The first-order valence-corrected chi connectivity index (χ1v) is 7.51. The third-order valence-electron chi connectivity index (χ3n) is 4.37. The molecule has 0 aromatic heterocycles. The number of hydrogen-bond donors (Lipinski definition) is 2. The van der Waals surface area contributed by atoms with Crippen LogP contribution in [0.4, 0.5) is 0 Å². The van der Waals surface area contributed by atoms with E-state index in [9.17, 15) is 0 Å². The molecule has 0 aliphatic carbocycles. The minimum atomic E-state index is 0. The van der Waals surface area contributed by atoms with Crippen molar-refractivity contribution in [2.45, 2.75) is 31.2 Å². The Morgan fingerprint density at radius 1 is 1.29 bits per heavy atom. The highest BCUT2D eigenvalue weighted by Gasteiger charge is 2.39. The standard InChI is InChI=1S/C15H26N4O.HI/c1-3-8-17-14(16-2)18-13-15(6-11-20-12-7-15)19-9-4-5-10-19;/h1H,4-13H2,2H3,(H2,16,17,18);1H. The van der Waals surface area contributed by atoms with Crippen molar-refractivity contribution in [1.82, 2.24) is 15.5 Å². The van der Waals surface area contributed by atoms with Crippen molar-refractivity contribution in [3.63, 3.8) is 0 Å². The molecule has 5 nitrogen and oxygen atoms in total. The molecule has 0 aromatic carbocycles. The minimum Gasteiger partial charge on any atom is -0.381 e. The molecule has 0 atom stereocenters. The Hall–Kier alpha value is -0.520. The number of nitrogens with one attached hydrogen (secondary N) is 2. The zero-order chi connectivity index (χ0) is 14.3. The number of rotatable bonds is 4. The summed E-state index contributed by atoms with van der Waals surface area (Å²) in [6.07, 6.45) is 10.1. The zero-order valence-corrected chi connectivity index (χ0v) is 15.2. The van der Waals surface area contributed by atoms with E-state index in [0.29, 0.717) is 6.54 Å². The summed E-state index contributed by atoms with van der Waals surface area (Å²) in [4.78, 5) is 6.85. The first kappa shape index (κ1) is 18.5. The van der Waals surface area contributed by atoms with Gasteiger partial charge in [-0.25, -0.2) is 0 Å². The van der Waals surface area contributed by atoms with Gasteiger partial charge >= 0.3 is 0 Å². The molecule has 0 aromatic rings. The van der Waals surface area contributed by atoms with Gasteiger partial charge in [0.2, 0.25) is 0 Å². The number of hydrogen-bond acceptors (Lipinski definition) is 3. The maximum atomic E-state index is 5.56. The zero-order valence-electron chi connectivity index (χ0n) is 12.9. The topological polar surface area (TPSA) is 48.9 Å². The summed E-state index contributed by atoms with van der Waals surface area (Å²) in [5.41, 5.74) is 0.211. The highest BCUT2D eigenvalue weighted by atomic mass is 127. The van der Waals surface area contributed by atoms with Gasteiger partial charge in [0.15, 0.2) is 5.96 Å². The number of terminal acetylenes is 1. The molecule has 2 saturated heterocycles. The Morgan fingerprint density at radius 3 is 2.52 bits per heavy atom. The molecule has 0 unspecified atom stereocenters. The monoisotopic (exact) mass is 406 g/mol. The highest BCUT2D eigenvalue weighted by molar-refractivity contribution is 14.0.